The van der Waals surface area contributed by atoms with Crippen LogP contribution in [0.25, 0.3) is 0 Å². The van der Waals surface area contributed by atoms with Crippen LogP contribution in [0.5, 0.6) is 0 Å². The standard InChI is InChI=1S/C17H22FN5O/c1-22(9-12-3-7-14(18)8-4-12)10-15(24)21-16(13-5-6-13)17-19-11-20-23(17)2/h3-4,7-8,11,13,16H,5-6,9-10H2,1-2H3,(H,21,24)/t16-/m1/s1. The molecule has 1 heterocycles. The van der Waals surface area contributed by atoms with Crippen molar-refractivity contribution in [2.24, 2.45) is 13.0 Å². The minimum atomic E-state index is -0.255. The fraction of sp³-hybridized carbons (Fsp3) is 0.471. The summed E-state index contributed by atoms with van der Waals surface area (Å²) in [6, 6.07) is 6.25. The van der Waals surface area contributed by atoms with Crippen molar-refractivity contribution in [3.63, 3.8) is 0 Å². The largest absolute Gasteiger partial charge is 0.345 e. The Bertz CT molecular complexity index is 695. The van der Waals surface area contributed by atoms with Gasteiger partial charge in [-0.05, 0) is 43.5 Å². The Morgan fingerprint density at radius 2 is 2.12 bits per heavy atom. The van der Waals surface area contributed by atoms with E-state index in [0.29, 0.717) is 12.5 Å². The summed E-state index contributed by atoms with van der Waals surface area (Å²) in [5.74, 6) is 0.945. The smallest absolute Gasteiger partial charge is 0.234 e. The summed E-state index contributed by atoms with van der Waals surface area (Å²) in [5.41, 5.74) is 0.971. The molecule has 0 unspecified atom stereocenters. The maximum atomic E-state index is 12.9. The van der Waals surface area contributed by atoms with E-state index in [4.69, 9.17) is 0 Å². The Morgan fingerprint density at radius 3 is 2.71 bits per heavy atom. The van der Waals surface area contributed by atoms with E-state index in [2.05, 4.69) is 15.4 Å². The second-order valence-corrected chi connectivity index (χ2v) is 6.42. The predicted molar refractivity (Wildman–Crippen MR) is 87.3 cm³/mol. The summed E-state index contributed by atoms with van der Waals surface area (Å²) < 4.78 is 14.6. The van der Waals surface area contributed by atoms with Gasteiger partial charge < -0.3 is 5.32 Å². The van der Waals surface area contributed by atoms with Gasteiger partial charge in [0.25, 0.3) is 0 Å². The number of aromatic nitrogens is 3. The van der Waals surface area contributed by atoms with Gasteiger partial charge in [0.1, 0.15) is 18.0 Å². The van der Waals surface area contributed by atoms with Gasteiger partial charge >= 0.3 is 0 Å². The van der Waals surface area contributed by atoms with Gasteiger partial charge in [0, 0.05) is 13.6 Å². The zero-order chi connectivity index (χ0) is 17.1. The first-order chi connectivity index (χ1) is 11.5. The normalized spacial score (nSPS) is 15.5. The average molecular weight is 331 g/mol. The van der Waals surface area contributed by atoms with Crippen LogP contribution in [0.2, 0.25) is 0 Å². The van der Waals surface area contributed by atoms with Gasteiger partial charge in [-0.3, -0.25) is 14.4 Å². The first-order valence-electron chi connectivity index (χ1n) is 8.09. The zero-order valence-corrected chi connectivity index (χ0v) is 13.9. The molecule has 6 nitrogen and oxygen atoms in total. The number of hydrogen-bond donors (Lipinski definition) is 1. The molecule has 128 valence electrons. The Balaban J connectivity index is 1.55. The van der Waals surface area contributed by atoms with Crippen molar-refractivity contribution in [1.82, 2.24) is 25.0 Å². The van der Waals surface area contributed by atoms with Crippen LogP contribution in [0.4, 0.5) is 4.39 Å². The third kappa shape index (κ3) is 4.17. The molecule has 7 heteroatoms. The second kappa shape index (κ2) is 7.09. The topological polar surface area (TPSA) is 63.1 Å². The molecule has 0 radical (unpaired) electrons. The summed E-state index contributed by atoms with van der Waals surface area (Å²) >= 11 is 0. The molecule has 3 rings (SSSR count). The summed E-state index contributed by atoms with van der Waals surface area (Å²) in [6.45, 7) is 0.865. The van der Waals surface area contributed by atoms with Gasteiger partial charge in [0.2, 0.25) is 5.91 Å². The molecule has 1 aliphatic carbocycles. The second-order valence-electron chi connectivity index (χ2n) is 6.42. The highest BCUT2D eigenvalue weighted by atomic mass is 19.1. The van der Waals surface area contributed by atoms with Crippen molar-refractivity contribution in [2.45, 2.75) is 25.4 Å². The molecule has 1 aliphatic rings. The third-order valence-corrected chi connectivity index (χ3v) is 4.21. The number of rotatable bonds is 7. The number of nitrogens with zero attached hydrogens (tertiary/aromatic N) is 4. The Kier molecular flexibility index (Phi) is 4.89. The molecule has 0 aliphatic heterocycles. The van der Waals surface area contributed by atoms with Crippen molar-refractivity contribution in [2.75, 3.05) is 13.6 Å². The van der Waals surface area contributed by atoms with Crippen molar-refractivity contribution in [3.8, 4) is 0 Å². The lowest BCUT2D eigenvalue weighted by molar-refractivity contribution is -0.123. The van der Waals surface area contributed by atoms with Crippen LogP contribution < -0.4 is 5.32 Å². The zero-order valence-electron chi connectivity index (χ0n) is 13.9. The molecule has 0 saturated heterocycles. The average Bonchev–Trinajstić information content (AvgIpc) is 3.29. The number of hydrogen-bond acceptors (Lipinski definition) is 4. The predicted octanol–water partition coefficient (Wildman–Crippen LogP) is 1.65. The van der Waals surface area contributed by atoms with Crippen LogP contribution in [0, 0.1) is 11.7 Å². The van der Waals surface area contributed by atoms with E-state index in [1.807, 2.05) is 19.0 Å². The first-order valence-corrected chi connectivity index (χ1v) is 8.09. The molecule has 1 aromatic carbocycles. The van der Waals surface area contributed by atoms with E-state index in [0.717, 1.165) is 24.2 Å². The van der Waals surface area contributed by atoms with Gasteiger partial charge in [0.05, 0.1) is 12.6 Å². The van der Waals surface area contributed by atoms with Crippen molar-refractivity contribution < 1.29 is 9.18 Å². The van der Waals surface area contributed by atoms with Gasteiger partial charge in [-0.25, -0.2) is 9.37 Å². The molecule has 1 amide bonds. The monoisotopic (exact) mass is 331 g/mol. The molecular formula is C17H22FN5O. The van der Waals surface area contributed by atoms with E-state index in [-0.39, 0.29) is 24.3 Å². The van der Waals surface area contributed by atoms with E-state index in [1.165, 1.54) is 18.5 Å². The highest BCUT2D eigenvalue weighted by Gasteiger charge is 2.36. The summed E-state index contributed by atoms with van der Waals surface area (Å²) in [7, 11) is 3.71. The van der Waals surface area contributed by atoms with Gasteiger partial charge in [-0.1, -0.05) is 12.1 Å². The highest BCUT2D eigenvalue weighted by Crippen LogP contribution is 2.40. The number of nitrogens with one attached hydrogen (secondary N) is 1. The SMILES string of the molecule is CN(CC(=O)N[C@@H](c1ncnn1C)C1CC1)Cc1ccc(F)cc1. The van der Waals surface area contributed by atoms with Crippen LogP contribution in [-0.2, 0) is 18.4 Å². The van der Waals surface area contributed by atoms with E-state index in [9.17, 15) is 9.18 Å². The maximum absolute atomic E-state index is 12.9. The number of benzene rings is 1. The quantitative estimate of drug-likeness (QED) is 0.838. The number of likely N-dealkylation sites (N-methyl/N-ethyl adjacent to an activating group) is 1. The Hall–Kier alpha value is -2.28. The maximum Gasteiger partial charge on any atom is 0.234 e. The molecule has 1 atom stereocenters. The van der Waals surface area contributed by atoms with Crippen molar-refractivity contribution >= 4 is 5.91 Å². The number of amides is 1. The van der Waals surface area contributed by atoms with E-state index in [1.54, 1.807) is 16.8 Å². The van der Waals surface area contributed by atoms with E-state index < -0.39 is 0 Å². The minimum absolute atomic E-state index is 0.0421. The van der Waals surface area contributed by atoms with Gasteiger partial charge in [0.15, 0.2) is 0 Å². The highest BCUT2D eigenvalue weighted by molar-refractivity contribution is 5.78. The molecule has 1 saturated carbocycles. The van der Waals surface area contributed by atoms with Gasteiger partial charge in [-0.2, -0.15) is 5.10 Å². The molecule has 1 N–H and O–H groups in total. The number of aryl methyl sites for hydroxylation is 1. The van der Waals surface area contributed by atoms with Crippen LogP contribution in [0.15, 0.2) is 30.6 Å². The van der Waals surface area contributed by atoms with E-state index >= 15 is 0 Å². The van der Waals surface area contributed by atoms with Crippen LogP contribution in [0.3, 0.4) is 0 Å². The minimum Gasteiger partial charge on any atom is -0.345 e. The van der Waals surface area contributed by atoms with Crippen LogP contribution in [0.1, 0.15) is 30.3 Å². The lowest BCUT2D eigenvalue weighted by Crippen LogP contribution is -2.38. The first kappa shape index (κ1) is 16.6. The summed E-state index contributed by atoms with van der Waals surface area (Å²) in [5, 5.41) is 7.18. The van der Waals surface area contributed by atoms with Crippen molar-refractivity contribution in [1.29, 1.82) is 0 Å². The Morgan fingerprint density at radius 1 is 1.42 bits per heavy atom. The summed E-state index contributed by atoms with van der Waals surface area (Å²) in [4.78, 5) is 18.6. The Labute approximate surface area is 140 Å². The van der Waals surface area contributed by atoms with Gasteiger partial charge in [-0.15, -0.1) is 0 Å². The number of carbonyl (C=O) groups is 1. The molecule has 0 spiro atoms. The molecule has 1 aromatic heterocycles. The van der Waals surface area contributed by atoms with Crippen LogP contribution >= 0.6 is 0 Å². The van der Waals surface area contributed by atoms with Crippen molar-refractivity contribution in [3.05, 3.63) is 47.8 Å². The number of halogens is 1. The lowest BCUT2D eigenvalue weighted by Gasteiger charge is -2.21. The third-order valence-electron chi connectivity index (χ3n) is 4.21. The van der Waals surface area contributed by atoms with Crippen LogP contribution in [-0.4, -0.2) is 39.2 Å². The fourth-order valence-electron chi connectivity index (χ4n) is 2.83. The molecule has 24 heavy (non-hydrogen) atoms. The number of carbonyl (C=O) groups excluding carboxylic acids is 1. The lowest BCUT2D eigenvalue weighted by atomic mass is 10.1. The fourth-order valence-corrected chi connectivity index (χ4v) is 2.83. The summed E-state index contributed by atoms with van der Waals surface area (Å²) in [6.07, 6.45) is 3.71. The molecule has 1 fully saturated rings. The molecule has 2 aromatic rings. The molecular weight excluding hydrogens is 309 g/mol. The molecule has 0 bridgehead atoms.